The van der Waals surface area contributed by atoms with Gasteiger partial charge in [-0.3, -0.25) is 0 Å². The summed E-state index contributed by atoms with van der Waals surface area (Å²) in [6.45, 7) is 2.15. The molecule has 1 aromatic carbocycles. The fourth-order valence-corrected chi connectivity index (χ4v) is 5.36. The van der Waals surface area contributed by atoms with Crippen molar-refractivity contribution in [2.45, 2.75) is 32.6 Å². The second-order valence-electron chi connectivity index (χ2n) is 5.87. The zero-order chi connectivity index (χ0) is 17.4. The van der Waals surface area contributed by atoms with Gasteiger partial charge in [0.1, 0.15) is 16.3 Å². The van der Waals surface area contributed by atoms with Crippen molar-refractivity contribution in [3.8, 4) is 0 Å². The molecule has 130 valence electrons. The lowest BCUT2D eigenvalue weighted by atomic mass is 9.95. The summed E-state index contributed by atoms with van der Waals surface area (Å²) in [5, 5.41) is 4.59. The van der Waals surface area contributed by atoms with Gasteiger partial charge in [0.25, 0.3) is 0 Å². The number of nitrogens with zero attached hydrogens (tertiary/aromatic N) is 1. The van der Waals surface area contributed by atoms with Crippen molar-refractivity contribution in [3.05, 3.63) is 40.0 Å². The smallest absolute Gasteiger partial charge is 0.341 e. The summed E-state index contributed by atoms with van der Waals surface area (Å²) in [7, 11) is 0. The summed E-state index contributed by atoms with van der Waals surface area (Å²) < 4.78 is 19.9. The highest BCUT2D eigenvalue weighted by atomic mass is 32.1. The highest BCUT2D eigenvalue weighted by molar-refractivity contribution is 7.23. The number of ether oxygens (including phenoxy) is 1. The van der Waals surface area contributed by atoms with E-state index >= 15 is 0 Å². The minimum atomic E-state index is -0.335. The van der Waals surface area contributed by atoms with E-state index in [2.05, 4.69) is 10.3 Å². The summed E-state index contributed by atoms with van der Waals surface area (Å²) >= 11 is 2.96. The third kappa shape index (κ3) is 3.02. The minimum absolute atomic E-state index is 0.295. The molecule has 0 atom stereocenters. The topological polar surface area (TPSA) is 51.2 Å². The van der Waals surface area contributed by atoms with Crippen LogP contribution in [0.15, 0.2) is 18.2 Å². The van der Waals surface area contributed by atoms with E-state index in [1.54, 1.807) is 24.3 Å². The number of carbonyl (C=O) groups excluding carboxylic acids is 1. The number of thiophene rings is 1. The number of carbonyl (C=O) groups is 1. The maximum atomic E-state index is 13.9. The Hall–Kier alpha value is -1.99. The van der Waals surface area contributed by atoms with Crippen LogP contribution in [0.3, 0.4) is 0 Å². The number of fused-ring (bicyclic) bond motifs is 2. The lowest BCUT2D eigenvalue weighted by molar-refractivity contribution is 0.0526. The number of anilines is 2. The fourth-order valence-electron chi connectivity index (χ4n) is 3.14. The molecule has 1 N–H and O–H groups in total. The first-order chi connectivity index (χ1) is 12.2. The molecule has 0 fully saturated rings. The van der Waals surface area contributed by atoms with Crippen molar-refractivity contribution in [1.82, 2.24) is 4.98 Å². The van der Waals surface area contributed by atoms with Crippen LogP contribution in [0.25, 0.3) is 10.2 Å². The minimum Gasteiger partial charge on any atom is -0.462 e. The molecule has 1 aliphatic carbocycles. The number of esters is 1. The van der Waals surface area contributed by atoms with E-state index in [0.717, 1.165) is 40.9 Å². The van der Waals surface area contributed by atoms with Gasteiger partial charge in [0, 0.05) is 4.88 Å². The number of para-hydroxylation sites is 1. The van der Waals surface area contributed by atoms with E-state index in [1.807, 2.05) is 6.07 Å². The molecule has 0 spiro atoms. The molecule has 2 heterocycles. The van der Waals surface area contributed by atoms with Crippen LogP contribution in [0.5, 0.6) is 0 Å². The van der Waals surface area contributed by atoms with Gasteiger partial charge in [0.2, 0.25) is 0 Å². The maximum absolute atomic E-state index is 13.9. The molecule has 0 aliphatic heterocycles. The van der Waals surface area contributed by atoms with Gasteiger partial charge in [-0.1, -0.05) is 17.4 Å². The largest absolute Gasteiger partial charge is 0.462 e. The first-order valence-electron chi connectivity index (χ1n) is 8.31. The first-order valence-corrected chi connectivity index (χ1v) is 9.94. The Balaban J connectivity index is 1.74. The van der Waals surface area contributed by atoms with Crippen LogP contribution < -0.4 is 5.32 Å². The number of aromatic nitrogens is 1. The molecule has 0 saturated carbocycles. The number of halogens is 1. The number of hydrogen-bond donors (Lipinski definition) is 1. The molecular weight excluding hydrogens is 359 g/mol. The van der Waals surface area contributed by atoms with Gasteiger partial charge in [0.15, 0.2) is 5.13 Å². The molecule has 0 unspecified atom stereocenters. The first kappa shape index (κ1) is 16.5. The number of thiazole rings is 1. The summed E-state index contributed by atoms with van der Waals surface area (Å²) in [5.74, 6) is -0.630. The Bertz CT molecular complexity index is 948. The van der Waals surface area contributed by atoms with Gasteiger partial charge in [-0.15, -0.1) is 11.3 Å². The Kier molecular flexibility index (Phi) is 4.43. The maximum Gasteiger partial charge on any atom is 0.341 e. The summed E-state index contributed by atoms with van der Waals surface area (Å²) in [6.07, 6.45) is 4.11. The molecule has 0 amide bonds. The van der Waals surface area contributed by atoms with Crippen LogP contribution in [0, 0.1) is 5.82 Å². The van der Waals surface area contributed by atoms with Crippen molar-refractivity contribution in [2.75, 3.05) is 11.9 Å². The molecule has 0 bridgehead atoms. The van der Waals surface area contributed by atoms with E-state index in [1.165, 1.54) is 22.3 Å². The van der Waals surface area contributed by atoms with Crippen LogP contribution in [0.4, 0.5) is 14.5 Å². The Labute approximate surface area is 152 Å². The second kappa shape index (κ2) is 6.72. The lowest BCUT2D eigenvalue weighted by Gasteiger charge is -2.12. The predicted octanol–water partition coefficient (Wildman–Crippen LogP) is 5.30. The van der Waals surface area contributed by atoms with Crippen molar-refractivity contribution in [3.63, 3.8) is 0 Å². The van der Waals surface area contributed by atoms with Crippen LogP contribution in [0.1, 0.15) is 40.6 Å². The average molecular weight is 376 g/mol. The highest BCUT2D eigenvalue weighted by Crippen LogP contribution is 2.41. The highest BCUT2D eigenvalue weighted by Gasteiger charge is 2.27. The Morgan fingerprint density at radius 1 is 1.32 bits per heavy atom. The molecule has 7 heteroatoms. The Morgan fingerprint density at radius 3 is 2.96 bits per heavy atom. The third-order valence-electron chi connectivity index (χ3n) is 4.24. The molecule has 25 heavy (non-hydrogen) atoms. The second-order valence-corrected chi connectivity index (χ2v) is 8.00. The number of rotatable bonds is 4. The molecule has 2 aromatic heterocycles. The summed E-state index contributed by atoms with van der Waals surface area (Å²) in [4.78, 5) is 18.1. The standard InChI is InChI=1S/C18H17FN2O2S2/c1-2-23-17(22)14-10-6-3-4-8-12(10)24-16(14)21-18-20-15-11(19)7-5-9-13(15)25-18/h5,7,9H,2-4,6,8H2,1H3,(H,20,21). The van der Waals surface area contributed by atoms with Crippen molar-refractivity contribution in [2.24, 2.45) is 0 Å². The van der Waals surface area contributed by atoms with Crippen LogP contribution in [0.2, 0.25) is 0 Å². The van der Waals surface area contributed by atoms with Crippen molar-refractivity contribution >= 4 is 49.0 Å². The van der Waals surface area contributed by atoms with Crippen LogP contribution >= 0.6 is 22.7 Å². The predicted molar refractivity (Wildman–Crippen MR) is 99.8 cm³/mol. The van der Waals surface area contributed by atoms with Crippen molar-refractivity contribution < 1.29 is 13.9 Å². The molecule has 0 saturated heterocycles. The number of benzene rings is 1. The number of nitrogens with one attached hydrogen (secondary N) is 1. The van der Waals surface area contributed by atoms with Crippen LogP contribution in [-0.2, 0) is 17.6 Å². The zero-order valence-corrected chi connectivity index (χ0v) is 15.4. The van der Waals surface area contributed by atoms with Gasteiger partial charge in [0.05, 0.1) is 16.9 Å². The Morgan fingerprint density at radius 2 is 2.16 bits per heavy atom. The summed E-state index contributed by atoms with van der Waals surface area (Å²) in [6, 6.07) is 4.92. The van der Waals surface area contributed by atoms with E-state index in [9.17, 15) is 9.18 Å². The van der Waals surface area contributed by atoms with E-state index in [4.69, 9.17) is 4.74 Å². The van der Waals surface area contributed by atoms with Gasteiger partial charge < -0.3 is 10.1 Å². The van der Waals surface area contributed by atoms with E-state index in [0.29, 0.717) is 22.8 Å². The van der Waals surface area contributed by atoms with Crippen molar-refractivity contribution in [1.29, 1.82) is 0 Å². The molecule has 4 rings (SSSR count). The number of aryl methyl sites for hydroxylation is 1. The molecule has 4 nitrogen and oxygen atoms in total. The van der Waals surface area contributed by atoms with Crippen LogP contribution in [-0.4, -0.2) is 17.6 Å². The van der Waals surface area contributed by atoms with Gasteiger partial charge in [-0.2, -0.15) is 0 Å². The molecular formula is C18H17FN2O2S2. The lowest BCUT2D eigenvalue weighted by Crippen LogP contribution is -2.10. The fraction of sp³-hybridized carbons (Fsp3) is 0.333. The molecule has 3 aromatic rings. The molecule has 1 aliphatic rings. The average Bonchev–Trinajstić information content (AvgIpc) is 3.16. The molecule has 0 radical (unpaired) electrons. The van der Waals surface area contributed by atoms with Gasteiger partial charge >= 0.3 is 5.97 Å². The van der Waals surface area contributed by atoms with E-state index < -0.39 is 0 Å². The quantitative estimate of drug-likeness (QED) is 0.628. The zero-order valence-electron chi connectivity index (χ0n) is 13.7. The SMILES string of the molecule is CCOC(=O)c1c(Nc2nc3c(F)cccc3s2)sc2c1CCCC2. The number of hydrogen-bond acceptors (Lipinski definition) is 6. The third-order valence-corrected chi connectivity index (χ3v) is 6.38. The normalized spacial score (nSPS) is 13.7. The monoisotopic (exact) mass is 376 g/mol. The van der Waals surface area contributed by atoms with E-state index in [-0.39, 0.29) is 11.8 Å². The van der Waals surface area contributed by atoms with Gasteiger partial charge in [-0.05, 0) is 50.3 Å². The summed E-state index contributed by atoms with van der Waals surface area (Å²) in [5.41, 5.74) is 2.08. The van der Waals surface area contributed by atoms with Gasteiger partial charge in [-0.25, -0.2) is 14.2 Å².